The number of phenols is 1. The number of amides is 1. The van der Waals surface area contributed by atoms with Crippen LogP contribution in [0.5, 0.6) is 5.75 Å². The summed E-state index contributed by atoms with van der Waals surface area (Å²) in [6.07, 6.45) is 1.78. The molecule has 21 heavy (non-hydrogen) atoms. The molecule has 1 aromatic rings. The normalized spacial score (nSPS) is 12.4. The van der Waals surface area contributed by atoms with Gasteiger partial charge in [0.2, 0.25) is 0 Å². The smallest absolute Gasteiger partial charge is 0.258 e. The molecule has 0 heterocycles. The Bertz CT molecular complexity index is 441. The number of benzene rings is 1. The molecule has 1 atom stereocenters. The molecule has 0 saturated carbocycles. The van der Waals surface area contributed by atoms with Gasteiger partial charge in [-0.15, -0.1) is 0 Å². The van der Waals surface area contributed by atoms with Crippen LogP contribution < -0.4 is 5.32 Å². The summed E-state index contributed by atoms with van der Waals surface area (Å²) in [6.45, 7) is 9.14. The van der Waals surface area contributed by atoms with Crippen LogP contribution in [0.2, 0.25) is 0 Å². The van der Waals surface area contributed by atoms with Crippen LogP contribution in [0.1, 0.15) is 44.0 Å². The Labute approximate surface area is 126 Å². The van der Waals surface area contributed by atoms with E-state index in [9.17, 15) is 14.3 Å². The SMILES string of the molecule is CCN(CC)CCCC(C)NC(=O)c1c(O)cccc1F. The Hall–Kier alpha value is -1.62. The number of halogens is 1. The van der Waals surface area contributed by atoms with E-state index in [4.69, 9.17) is 0 Å². The van der Waals surface area contributed by atoms with Gasteiger partial charge in [0.25, 0.3) is 5.91 Å². The molecule has 1 unspecified atom stereocenters. The highest BCUT2D eigenvalue weighted by Crippen LogP contribution is 2.19. The first kappa shape index (κ1) is 17.4. The number of aromatic hydroxyl groups is 1. The Kier molecular flexibility index (Phi) is 7.15. The molecule has 2 N–H and O–H groups in total. The van der Waals surface area contributed by atoms with Crippen LogP contribution in [0.25, 0.3) is 0 Å². The Morgan fingerprint density at radius 2 is 2.05 bits per heavy atom. The van der Waals surface area contributed by atoms with Crippen molar-refractivity contribution in [1.29, 1.82) is 0 Å². The number of hydrogen-bond acceptors (Lipinski definition) is 3. The fourth-order valence-electron chi connectivity index (χ4n) is 2.27. The van der Waals surface area contributed by atoms with Crippen molar-refractivity contribution in [2.75, 3.05) is 19.6 Å². The molecular formula is C16H25FN2O2. The molecule has 0 spiro atoms. The zero-order valence-corrected chi connectivity index (χ0v) is 13.0. The number of nitrogens with zero attached hydrogens (tertiary/aromatic N) is 1. The minimum atomic E-state index is -0.706. The van der Waals surface area contributed by atoms with Gasteiger partial charge in [-0.2, -0.15) is 0 Å². The van der Waals surface area contributed by atoms with E-state index in [2.05, 4.69) is 24.1 Å². The lowest BCUT2D eigenvalue weighted by Gasteiger charge is -2.20. The quantitative estimate of drug-likeness (QED) is 0.775. The zero-order valence-electron chi connectivity index (χ0n) is 13.0. The van der Waals surface area contributed by atoms with Crippen molar-refractivity contribution in [2.45, 2.75) is 39.7 Å². The predicted molar refractivity (Wildman–Crippen MR) is 82.0 cm³/mol. The highest BCUT2D eigenvalue weighted by atomic mass is 19.1. The molecule has 0 aliphatic carbocycles. The van der Waals surface area contributed by atoms with Gasteiger partial charge < -0.3 is 15.3 Å². The second-order valence-corrected chi connectivity index (χ2v) is 5.18. The van der Waals surface area contributed by atoms with Crippen LogP contribution in [-0.2, 0) is 0 Å². The van der Waals surface area contributed by atoms with Gasteiger partial charge in [-0.1, -0.05) is 19.9 Å². The van der Waals surface area contributed by atoms with Crippen molar-refractivity contribution in [3.05, 3.63) is 29.6 Å². The van der Waals surface area contributed by atoms with Gasteiger partial charge in [0.1, 0.15) is 17.1 Å². The molecule has 118 valence electrons. The average Bonchev–Trinajstić information content (AvgIpc) is 2.43. The molecule has 0 radical (unpaired) electrons. The van der Waals surface area contributed by atoms with E-state index < -0.39 is 11.7 Å². The standard InChI is InChI=1S/C16H25FN2O2/c1-4-19(5-2)11-7-8-12(3)18-16(21)15-13(17)9-6-10-14(15)20/h6,9-10,12,20H,4-5,7-8,11H2,1-3H3,(H,18,21). The first-order valence-corrected chi connectivity index (χ1v) is 7.50. The minimum absolute atomic E-state index is 0.0629. The lowest BCUT2D eigenvalue weighted by atomic mass is 10.1. The van der Waals surface area contributed by atoms with Crippen molar-refractivity contribution in [3.63, 3.8) is 0 Å². The lowest BCUT2D eigenvalue weighted by molar-refractivity contribution is 0.0930. The molecule has 0 aromatic heterocycles. The van der Waals surface area contributed by atoms with Crippen LogP contribution in [0.4, 0.5) is 4.39 Å². The molecule has 1 aromatic carbocycles. The first-order chi connectivity index (χ1) is 9.99. The summed E-state index contributed by atoms with van der Waals surface area (Å²) in [6, 6.07) is 3.78. The molecule has 0 saturated heterocycles. The lowest BCUT2D eigenvalue weighted by Crippen LogP contribution is -2.34. The molecule has 4 nitrogen and oxygen atoms in total. The molecule has 5 heteroatoms. The zero-order chi connectivity index (χ0) is 15.8. The Morgan fingerprint density at radius 1 is 1.38 bits per heavy atom. The average molecular weight is 296 g/mol. The summed E-state index contributed by atoms with van der Waals surface area (Å²) in [4.78, 5) is 14.3. The van der Waals surface area contributed by atoms with Gasteiger partial charge in [-0.05, 0) is 51.5 Å². The highest BCUT2D eigenvalue weighted by molar-refractivity contribution is 5.97. The van der Waals surface area contributed by atoms with Crippen molar-refractivity contribution in [1.82, 2.24) is 10.2 Å². The van der Waals surface area contributed by atoms with E-state index in [-0.39, 0.29) is 17.4 Å². The van der Waals surface area contributed by atoms with E-state index in [0.717, 1.165) is 32.5 Å². The molecule has 0 aliphatic heterocycles. The van der Waals surface area contributed by atoms with Gasteiger partial charge in [-0.3, -0.25) is 4.79 Å². The number of hydrogen-bond donors (Lipinski definition) is 2. The Morgan fingerprint density at radius 3 is 2.62 bits per heavy atom. The van der Waals surface area contributed by atoms with Crippen LogP contribution in [0.3, 0.4) is 0 Å². The highest BCUT2D eigenvalue weighted by Gasteiger charge is 2.18. The van der Waals surface area contributed by atoms with E-state index in [0.29, 0.717) is 0 Å². The molecule has 0 fully saturated rings. The fraction of sp³-hybridized carbons (Fsp3) is 0.562. The molecule has 0 aliphatic rings. The molecule has 1 amide bonds. The summed E-state index contributed by atoms with van der Waals surface area (Å²) in [5, 5.41) is 12.3. The van der Waals surface area contributed by atoms with Crippen LogP contribution in [0, 0.1) is 5.82 Å². The third-order valence-electron chi connectivity index (χ3n) is 3.60. The van der Waals surface area contributed by atoms with Gasteiger partial charge in [0.15, 0.2) is 0 Å². The maximum absolute atomic E-state index is 13.6. The largest absolute Gasteiger partial charge is 0.507 e. The van der Waals surface area contributed by atoms with Gasteiger partial charge in [0.05, 0.1) is 0 Å². The van der Waals surface area contributed by atoms with E-state index in [1.54, 1.807) is 0 Å². The monoisotopic (exact) mass is 296 g/mol. The summed E-state index contributed by atoms with van der Waals surface area (Å²) in [5.74, 6) is -1.60. The summed E-state index contributed by atoms with van der Waals surface area (Å²) >= 11 is 0. The summed E-state index contributed by atoms with van der Waals surface area (Å²) in [5.41, 5.74) is -0.284. The topological polar surface area (TPSA) is 52.6 Å². The first-order valence-electron chi connectivity index (χ1n) is 7.50. The van der Waals surface area contributed by atoms with E-state index in [1.165, 1.54) is 18.2 Å². The van der Waals surface area contributed by atoms with Crippen molar-refractivity contribution >= 4 is 5.91 Å². The second kappa shape index (κ2) is 8.62. The molecule has 0 bridgehead atoms. The van der Waals surface area contributed by atoms with Crippen molar-refractivity contribution in [3.8, 4) is 5.75 Å². The Balaban J connectivity index is 2.47. The molecule has 1 rings (SSSR count). The van der Waals surface area contributed by atoms with Gasteiger partial charge in [-0.25, -0.2) is 4.39 Å². The predicted octanol–water partition coefficient (Wildman–Crippen LogP) is 2.77. The van der Waals surface area contributed by atoms with E-state index >= 15 is 0 Å². The number of carbonyl (C=O) groups is 1. The van der Waals surface area contributed by atoms with Crippen molar-refractivity contribution < 1.29 is 14.3 Å². The summed E-state index contributed by atoms with van der Waals surface area (Å²) < 4.78 is 13.6. The van der Waals surface area contributed by atoms with E-state index in [1.807, 2.05) is 6.92 Å². The third kappa shape index (κ3) is 5.34. The van der Waals surface area contributed by atoms with Crippen LogP contribution in [0.15, 0.2) is 18.2 Å². The number of carbonyl (C=O) groups excluding carboxylic acids is 1. The maximum Gasteiger partial charge on any atom is 0.258 e. The fourth-order valence-corrected chi connectivity index (χ4v) is 2.27. The minimum Gasteiger partial charge on any atom is -0.507 e. The maximum atomic E-state index is 13.6. The number of phenolic OH excluding ortho intramolecular Hbond substituents is 1. The number of rotatable bonds is 8. The van der Waals surface area contributed by atoms with Crippen LogP contribution >= 0.6 is 0 Å². The van der Waals surface area contributed by atoms with Crippen molar-refractivity contribution in [2.24, 2.45) is 0 Å². The summed E-state index contributed by atoms with van der Waals surface area (Å²) in [7, 11) is 0. The van der Waals surface area contributed by atoms with Gasteiger partial charge in [0, 0.05) is 6.04 Å². The van der Waals surface area contributed by atoms with Crippen LogP contribution in [-0.4, -0.2) is 41.6 Å². The second-order valence-electron chi connectivity index (χ2n) is 5.18. The third-order valence-corrected chi connectivity index (χ3v) is 3.60. The number of nitrogens with one attached hydrogen (secondary N) is 1. The van der Waals surface area contributed by atoms with Gasteiger partial charge >= 0.3 is 0 Å². The molecular weight excluding hydrogens is 271 g/mol.